The third kappa shape index (κ3) is 2.19. The van der Waals surface area contributed by atoms with Crippen LogP contribution in [0.25, 0.3) is 0 Å². The summed E-state index contributed by atoms with van der Waals surface area (Å²) in [5.74, 6) is 0.416. The first kappa shape index (κ1) is 13.4. The molecular weight excluding hydrogens is 238 g/mol. The summed E-state index contributed by atoms with van der Waals surface area (Å²) in [7, 11) is 0. The summed E-state index contributed by atoms with van der Waals surface area (Å²) in [6.07, 6.45) is 4.56. The predicted molar refractivity (Wildman–Crippen MR) is 76.0 cm³/mol. The summed E-state index contributed by atoms with van der Waals surface area (Å²) >= 11 is 0. The topological polar surface area (TPSA) is 35.6 Å². The van der Waals surface area contributed by atoms with E-state index in [0.29, 0.717) is 18.0 Å². The molecule has 3 fully saturated rings. The van der Waals surface area contributed by atoms with Crippen LogP contribution in [0.2, 0.25) is 0 Å². The number of rotatable bonds is 2. The van der Waals surface area contributed by atoms with Gasteiger partial charge in [0.1, 0.15) is 0 Å². The van der Waals surface area contributed by atoms with E-state index < -0.39 is 0 Å². The van der Waals surface area contributed by atoms with Gasteiger partial charge in [-0.2, -0.15) is 0 Å². The standard InChI is InChI=1S/C15H27N3O/c1-3-15(6-7-16-11-15)14(19)18-10-13-5-4-8-17(13)9-12(18)2/h12-13,16H,3-11H2,1-2H3. The van der Waals surface area contributed by atoms with Gasteiger partial charge >= 0.3 is 0 Å². The molecule has 0 spiro atoms. The molecule has 0 aliphatic carbocycles. The molecule has 1 amide bonds. The van der Waals surface area contributed by atoms with Crippen molar-refractivity contribution in [3.63, 3.8) is 0 Å². The van der Waals surface area contributed by atoms with E-state index in [9.17, 15) is 4.79 Å². The minimum Gasteiger partial charge on any atom is -0.337 e. The average Bonchev–Trinajstić information content (AvgIpc) is 3.06. The van der Waals surface area contributed by atoms with Crippen LogP contribution in [-0.4, -0.2) is 60.5 Å². The maximum Gasteiger partial charge on any atom is 0.230 e. The second kappa shape index (κ2) is 5.06. The normalized spacial score (nSPS) is 39.6. The lowest BCUT2D eigenvalue weighted by Crippen LogP contribution is -2.60. The summed E-state index contributed by atoms with van der Waals surface area (Å²) in [5.41, 5.74) is -0.116. The Bertz CT molecular complexity index is 351. The van der Waals surface area contributed by atoms with Crippen LogP contribution in [0, 0.1) is 5.41 Å². The van der Waals surface area contributed by atoms with Gasteiger partial charge in [-0.1, -0.05) is 6.92 Å². The molecule has 3 aliphatic rings. The molecule has 0 aromatic carbocycles. The highest BCUT2D eigenvalue weighted by Gasteiger charge is 2.46. The summed E-state index contributed by atoms with van der Waals surface area (Å²) in [4.78, 5) is 17.8. The van der Waals surface area contributed by atoms with E-state index in [4.69, 9.17) is 0 Å². The van der Waals surface area contributed by atoms with E-state index in [-0.39, 0.29) is 5.41 Å². The number of nitrogens with zero attached hydrogens (tertiary/aromatic N) is 2. The summed E-state index contributed by atoms with van der Waals surface area (Å²) in [5, 5.41) is 3.39. The van der Waals surface area contributed by atoms with E-state index in [1.807, 2.05) is 0 Å². The minimum atomic E-state index is -0.116. The average molecular weight is 265 g/mol. The van der Waals surface area contributed by atoms with E-state index >= 15 is 0 Å². The van der Waals surface area contributed by atoms with Crippen LogP contribution < -0.4 is 5.32 Å². The maximum atomic E-state index is 13.0. The van der Waals surface area contributed by atoms with Crippen molar-refractivity contribution in [1.29, 1.82) is 0 Å². The number of amides is 1. The van der Waals surface area contributed by atoms with Crippen molar-refractivity contribution in [3.8, 4) is 0 Å². The Kier molecular flexibility index (Phi) is 3.56. The number of carbonyl (C=O) groups is 1. The third-order valence-electron chi connectivity index (χ3n) is 5.57. The Morgan fingerprint density at radius 3 is 2.95 bits per heavy atom. The Morgan fingerprint density at radius 2 is 2.26 bits per heavy atom. The van der Waals surface area contributed by atoms with Gasteiger partial charge in [0.25, 0.3) is 0 Å². The van der Waals surface area contributed by atoms with Crippen molar-refractivity contribution in [2.24, 2.45) is 5.41 Å². The predicted octanol–water partition coefficient (Wildman–Crippen LogP) is 1.07. The second-order valence-electron chi connectivity index (χ2n) is 6.66. The van der Waals surface area contributed by atoms with Crippen molar-refractivity contribution < 1.29 is 4.79 Å². The molecule has 3 unspecified atom stereocenters. The molecule has 4 heteroatoms. The van der Waals surface area contributed by atoms with Crippen LogP contribution in [0.15, 0.2) is 0 Å². The molecule has 3 rings (SSSR count). The SMILES string of the molecule is CCC1(C(=O)N2CC3CCCN3CC2C)CCNC1. The zero-order valence-corrected chi connectivity index (χ0v) is 12.3. The van der Waals surface area contributed by atoms with Gasteiger partial charge in [0, 0.05) is 31.7 Å². The first-order chi connectivity index (χ1) is 9.16. The summed E-state index contributed by atoms with van der Waals surface area (Å²) in [6, 6.07) is 1.01. The Balaban J connectivity index is 1.75. The molecule has 4 nitrogen and oxygen atoms in total. The van der Waals surface area contributed by atoms with E-state index in [2.05, 4.69) is 29.0 Å². The monoisotopic (exact) mass is 265 g/mol. The highest BCUT2D eigenvalue weighted by molar-refractivity contribution is 5.84. The van der Waals surface area contributed by atoms with Crippen LogP contribution in [0.3, 0.4) is 0 Å². The number of nitrogens with one attached hydrogen (secondary N) is 1. The van der Waals surface area contributed by atoms with Gasteiger partial charge in [0.05, 0.1) is 5.41 Å². The second-order valence-corrected chi connectivity index (χ2v) is 6.66. The Labute approximate surface area is 116 Å². The van der Waals surface area contributed by atoms with Crippen LogP contribution >= 0.6 is 0 Å². The van der Waals surface area contributed by atoms with Gasteiger partial charge < -0.3 is 10.2 Å². The molecular formula is C15H27N3O. The first-order valence-corrected chi connectivity index (χ1v) is 7.92. The fourth-order valence-electron chi connectivity index (χ4n) is 4.15. The molecule has 3 heterocycles. The van der Waals surface area contributed by atoms with Crippen LogP contribution in [0.5, 0.6) is 0 Å². The van der Waals surface area contributed by atoms with E-state index in [1.165, 1.54) is 19.4 Å². The fraction of sp³-hybridized carbons (Fsp3) is 0.933. The molecule has 0 radical (unpaired) electrons. The lowest BCUT2D eigenvalue weighted by Gasteiger charge is -2.45. The van der Waals surface area contributed by atoms with Crippen molar-refractivity contribution in [1.82, 2.24) is 15.1 Å². The molecule has 1 N–H and O–H groups in total. The lowest BCUT2D eigenvalue weighted by atomic mass is 9.82. The zero-order valence-electron chi connectivity index (χ0n) is 12.3. The summed E-state index contributed by atoms with van der Waals surface area (Å²) in [6.45, 7) is 9.53. The minimum absolute atomic E-state index is 0.116. The molecule has 3 aliphatic heterocycles. The highest BCUT2D eigenvalue weighted by Crippen LogP contribution is 2.34. The molecule has 0 saturated carbocycles. The number of fused-ring (bicyclic) bond motifs is 1. The number of piperazine rings is 1. The van der Waals surface area contributed by atoms with Crippen LogP contribution in [-0.2, 0) is 4.79 Å². The van der Waals surface area contributed by atoms with Crippen molar-refractivity contribution in [2.45, 2.75) is 51.6 Å². The van der Waals surface area contributed by atoms with Gasteiger partial charge in [0.2, 0.25) is 5.91 Å². The van der Waals surface area contributed by atoms with Crippen LogP contribution in [0.1, 0.15) is 39.5 Å². The molecule has 0 aromatic heterocycles. The molecule has 19 heavy (non-hydrogen) atoms. The zero-order chi connectivity index (χ0) is 13.5. The summed E-state index contributed by atoms with van der Waals surface area (Å²) < 4.78 is 0. The van der Waals surface area contributed by atoms with Crippen molar-refractivity contribution >= 4 is 5.91 Å². The molecule has 0 bridgehead atoms. The number of hydrogen-bond acceptors (Lipinski definition) is 3. The van der Waals surface area contributed by atoms with Gasteiger partial charge in [-0.25, -0.2) is 0 Å². The lowest BCUT2D eigenvalue weighted by molar-refractivity contribution is -0.147. The van der Waals surface area contributed by atoms with Crippen molar-refractivity contribution in [3.05, 3.63) is 0 Å². The Morgan fingerprint density at radius 1 is 1.42 bits per heavy atom. The Hall–Kier alpha value is -0.610. The first-order valence-electron chi connectivity index (χ1n) is 7.92. The fourth-order valence-corrected chi connectivity index (χ4v) is 4.15. The molecule has 3 saturated heterocycles. The van der Waals surface area contributed by atoms with Gasteiger partial charge in [-0.3, -0.25) is 9.69 Å². The maximum absolute atomic E-state index is 13.0. The van der Waals surface area contributed by atoms with Crippen LogP contribution in [0.4, 0.5) is 0 Å². The van der Waals surface area contributed by atoms with Gasteiger partial charge in [-0.15, -0.1) is 0 Å². The number of carbonyl (C=O) groups excluding carboxylic acids is 1. The van der Waals surface area contributed by atoms with Gasteiger partial charge in [-0.05, 0) is 45.7 Å². The molecule has 108 valence electrons. The molecule has 0 aromatic rings. The van der Waals surface area contributed by atoms with Gasteiger partial charge in [0.15, 0.2) is 0 Å². The smallest absolute Gasteiger partial charge is 0.230 e. The number of hydrogen-bond donors (Lipinski definition) is 1. The highest BCUT2D eigenvalue weighted by atomic mass is 16.2. The largest absolute Gasteiger partial charge is 0.337 e. The van der Waals surface area contributed by atoms with Crippen molar-refractivity contribution in [2.75, 3.05) is 32.7 Å². The van der Waals surface area contributed by atoms with E-state index in [0.717, 1.165) is 39.0 Å². The molecule has 3 atom stereocenters. The third-order valence-corrected chi connectivity index (χ3v) is 5.57. The quantitative estimate of drug-likeness (QED) is 0.811. The van der Waals surface area contributed by atoms with E-state index in [1.54, 1.807) is 0 Å².